The highest BCUT2D eigenvalue weighted by atomic mass is 16.4. The van der Waals surface area contributed by atoms with Gasteiger partial charge in [-0.3, -0.25) is 10.1 Å². The van der Waals surface area contributed by atoms with E-state index in [0.717, 1.165) is 11.6 Å². The zero-order valence-electron chi connectivity index (χ0n) is 8.01. The highest BCUT2D eigenvalue weighted by molar-refractivity contribution is 5.78. The molecule has 0 bridgehead atoms. The molecule has 2 N–H and O–H groups in total. The normalized spacial score (nSPS) is 11.5. The molecule has 1 rings (SSSR count). The lowest BCUT2D eigenvalue weighted by Gasteiger charge is -2.08. The molecule has 1 aromatic carbocycles. The van der Waals surface area contributed by atoms with Gasteiger partial charge in [-0.1, -0.05) is 30.3 Å². The molecule has 78 valence electrons. The van der Waals surface area contributed by atoms with Crippen LogP contribution in [0.15, 0.2) is 36.4 Å². The van der Waals surface area contributed by atoms with Gasteiger partial charge in [0.15, 0.2) is 0 Å². The van der Waals surface area contributed by atoms with Gasteiger partial charge in [0, 0.05) is 12.6 Å². The lowest BCUT2D eigenvalue weighted by atomic mass is 10.2. The number of rotatable bonds is 5. The van der Waals surface area contributed by atoms with Crippen LogP contribution in [0.5, 0.6) is 0 Å². The topological polar surface area (TPSA) is 66.4 Å². The van der Waals surface area contributed by atoms with Crippen molar-refractivity contribution in [2.24, 2.45) is 0 Å². The monoisotopic (exact) mass is 205 g/mol. The van der Waals surface area contributed by atoms with Gasteiger partial charge in [0.2, 0.25) is 0 Å². The second kappa shape index (κ2) is 5.75. The summed E-state index contributed by atoms with van der Waals surface area (Å²) in [6, 6.07) is 8.36. The smallest absolute Gasteiger partial charge is 0.325 e. The molecule has 0 aliphatic heterocycles. The highest BCUT2D eigenvalue weighted by Crippen LogP contribution is 1.98. The molecule has 1 unspecified atom stereocenters. The summed E-state index contributed by atoms with van der Waals surface area (Å²) in [5.41, 5.74) is 0.961. The van der Waals surface area contributed by atoms with E-state index in [1.54, 1.807) is 0 Å². The first kappa shape index (κ1) is 11.2. The number of carbonyl (C=O) groups excluding carboxylic acids is 1. The summed E-state index contributed by atoms with van der Waals surface area (Å²) in [4.78, 5) is 20.7. The largest absolute Gasteiger partial charge is 0.480 e. The van der Waals surface area contributed by atoms with E-state index in [1.165, 1.54) is 5.94 Å². The van der Waals surface area contributed by atoms with Crippen molar-refractivity contribution in [3.05, 3.63) is 42.0 Å². The fourth-order valence-electron chi connectivity index (χ4n) is 1.11. The van der Waals surface area contributed by atoms with E-state index in [4.69, 9.17) is 5.11 Å². The van der Waals surface area contributed by atoms with Crippen LogP contribution in [0, 0.1) is 0 Å². The highest BCUT2D eigenvalue weighted by Gasteiger charge is 2.12. The van der Waals surface area contributed by atoms with E-state index in [-0.39, 0.29) is 0 Å². The van der Waals surface area contributed by atoms with Crippen molar-refractivity contribution in [2.45, 2.75) is 12.6 Å². The summed E-state index contributed by atoms with van der Waals surface area (Å²) < 4.78 is 0. The van der Waals surface area contributed by atoms with Crippen molar-refractivity contribution in [1.82, 2.24) is 5.32 Å². The Balaban J connectivity index is 2.54. The maximum Gasteiger partial charge on any atom is 0.325 e. The molecular weight excluding hydrogens is 194 g/mol. The standard InChI is InChI=1S/C11H11NO3/c13-7-6-10(11(14)15)12-8-9-4-2-1-3-5-9/h1-6,10,12H,8H2,(H,14,15). The van der Waals surface area contributed by atoms with Crippen LogP contribution in [-0.4, -0.2) is 23.1 Å². The second-order valence-electron chi connectivity index (χ2n) is 2.97. The van der Waals surface area contributed by atoms with Crippen molar-refractivity contribution >= 4 is 11.9 Å². The van der Waals surface area contributed by atoms with Gasteiger partial charge in [-0.25, -0.2) is 4.79 Å². The van der Waals surface area contributed by atoms with Crippen molar-refractivity contribution in [3.63, 3.8) is 0 Å². The average Bonchev–Trinajstić information content (AvgIpc) is 2.25. The molecule has 0 heterocycles. The average molecular weight is 205 g/mol. The number of nitrogens with one attached hydrogen (secondary N) is 1. The van der Waals surface area contributed by atoms with Crippen molar-refractivity contribution in [1.29, 1.82) is 0 Å². The summed E-state index contributed by atoms with van der Waals surface area (Å²) in [6.07, 6.45) is 0.950. The van der Waals surface area contributed by atoms with Gasteiger partial charge < -0.3 is 5.11 Å². The summed E-state index contributed by atoms with van der Waals surface area (Å²) in [5.74, 6) is 0.378. The Kier molecular flexibility index (Phi) is 4.29. The first-order valence-electron chi connectivity index (χ1n) is 4.45. The van der Waals surface area contributed by atoms with E-state index in [2.05, 4.69) is 5.32 Å². The molecule has 0 aliphatic carbocycles. The van der Waals surface area contributed by atoms with E-state index in [1.807, 2.05) is 30.3 Å². The van der Waals surface area contributed by atoms with Crippen LogP contribution < -0.4 is 5.32 Å². The molecule has 0 saturated carbocycles. The van der Waals surface area contributed by atoms with Crippen LogP contribution in [0.3, 0.4) is 0 Å². The second-order valence-corrected chi connectivity index (χ2v) is 2.97. The van der Waals surface area contributed by atoms with Gasteiger partial charge >= 0.3 is 5.97 Å². The molecule has 4 heteroatoms. The molecule has 0 fully saturated rings. The molecule has 0 amide bonds. The summed E-state index contributed by atoms with van der Waals surface area (Å²) in [7, 11) is 0. The van der Waals surface area contributed by atoms with Gasteiger partial charge in [-0.05, 0) is 5.56 Å². The summed E-state index contributed by atoms with van der Waals surface area (Å²) in [5, 5.41) is 11.4. The Labute approximate surface area is 87.2 Å². The third-order valence-corrected chi connectivity index (χ3v) is 1.87. The zero-order chi connectivity index (χ0) is 11.1. The van der Waals surface area contributed by atoms with E-state index in [9.17, 15) is 9.59 Å². The maximum absolute atomic E-state index is 10.6. The van der Waals surface area contributed by atoms with Crippen LogP contribution in [0.4, 0.5) is 0 Å². The quantitative estimate of drug-likeness (QED) is 0.691. The van der Waals surface area contributed by atoms with Gasteiger partial charge in [0.05, 0.1) is 0 Å². The van der Waals surface area contributed by atoms with Crippen molar-refractivity contribution in [2.75, 3.05) is 0 Å². The Hall–Kier alpha value is -1.90. The number of hydrogen-bond acceptors (Lipinski definition) is 3. The molecule has 0 saturated heterocycles. The Morgan fingerprint density at radius 2 is 2.13 bits per heavy atom. The van der Waals surface area contributed by atoms with E-state index < -0.39 is 12.0 Å². The Bertz CT molecular complexity index is 367. The number of benzene rings is 1. The molecule has 0 radical (unpaired) electrons. The van der Waals surface area contributed by atoms with Crippen LogP contribution in [0.25, 0.3) is 0 Å². The van der Waals surface area contributed by atoms with Crippen LogP contribution in [-0.2, 0) is 16.1 Å². The minimum Gasteiger partial charge on any atom is -0.480 e. The molecular formula is C11H11NO3. The maximum atomic E-state index is 10.6. The number of carboxylic acids is 1. The summed E-state index contributed by atoms with van der Waals surface area (Å²) >= 11 is 0. The van der Waals surface area contributed by atoms with Crippen LogP contribution >= 0.6 is 0 Å². The number of carboxylic acid groups (broad SMARTS) is 1. The molecule has 4 nitrogen and oxygen atoms in total. The number of aliphatic carboxylic acids is 1. The van der Waals surface area contributed by atoms with Crippen molar-refractivity contribution < 1.29 is 14.7 Å². The first-order chi connectivity index (χ1) is 7.24. The first-order valence-corrected chi connectivity index (χ1v) is 4.45. The molecule has 0 spiro atoms. The van der Waals surface area contributed by atoms with Gasteiger partial charge in [-0.2, -0.15) is 0 Å². The number of carbonyl (C=O) groups is 1. The van der Waals surface area contributed by atoms with E-state index in [0.29, 0.717) is 6.54 Å². The van der Waals surface area contributed by atoms with Crippen LogP contribution in [0.2, 0.25) is 0 Å². The SMILES string of the molecule is O=C=CC(NCc1ccccc1)C(=O)O. The van der Waals surface area contributed by atoms with Crippen LogP contribution in [0.1, 0.15) is 5.56 Å². The van der Waals surface area contributed by atoms with E-state index >= 15 is 0 Å². The van der Waals surface area contributed by atoms with Gasteiger partial charge in [0.1, 0.15) is 12.0 Å². The minimum atomic E-state index is -1.09. The zero-order valence-corrected chi connectivity index (χ0v) is 8.01. The predicted molar refractivity (Wildman–Crippen MR) is 55.0 cm³/mol. The lowest BCUT2D eigenvalue weighted by molar-refractivity contribution is -0.138. The van der Waals surface area contributed by atoms with Crippen molar-refractivity contribution in [3.8, 4) is 0 Å². The minimum absolute atomic E-state index is 0.399. The molecule has 1 aromatic rings. The lowest BCUT2D eigenvalue weighted by Crippen LogP contribution is -2.34. The number of hydrogen-bond donors (Lipinski definition) is 2. The molecule has 1 atom stereocenters. The predicted octanol–water partition coefficient (Wildman–Crippen LogP) is 0.617. The fraction of sp³-hybridized carbons (Fsp3) is 0.182. The summed E-state index contributed by atoms with van der Waals surface area (Å²) in [6.45, 7) is 0.399. The molecule has 15 heavy (non-hydrogen) atoms. The third kappa shape index (κ3) is 3.77. The van der Waals surface area contributed by atoms with Gasteiger partial charge in [0.25, 0.3) is 0 Å². The van der Waals surface area contributed by atoms with Gasteiger partial charge in [-0.15, -0.1) is 0 Å². The Morgan fingerprint density at radius 1 is 1.47 bits per heavy atom. The Morgan fingerprint density at radius 3 is 2.67 bits per heavy atom. The molecule has 0 aliphatic rings. The molecule has 0 aromatic heterocycles. The fourth-order valence-corrected chi connectivity index (χ4v) is 1.11. The third-order valence-electron chi connectivity index (χ3n) is 1.87.